The molecule has 0 saturated heterocycles. The number of benzene rings is 2. The zero-order valence-electron chi connectivity index (χ0n) is 16.4. The molecule has 0 saturated carbocycles. The summed E-state index contributed by atoms with van der Waals surface area (Å²) in [7, 11) is 1.58. The molecule has 0 aliphatic heterocycles. The van der Waals surface area contributed by atoms with E-state index < -0.39 is 6.04 Å². The maximum absolute atomic E-state index is 12.8. The summed E-state index contributed by atoms with van der Waals surface area (Å²) in [6.07, 6.45) is 1.60. The minimum absolute atomic E-state index is 0.0493. The van der Waals surface area contributed by atoms with Gasteiger partial charge in [0.25, 0.3) is 0 Å². The minimum atomic E-state index is -0.515. The van der Waals surface area contributed by atoms with Crippen LogP contribution in [-0.2, 0) is 16.0 Å². The first-order chi connectivity index (χ1) is 13.5. The number of nitrogens with one attached hydrogen (secondary N) is 1. The second kappa shape index (κ2) is 11.3. The molecular weight excluding hydrogens is 376 g/mol. The first-order valence-electron chi connectivity index (χ1n) is 9.44. The van der Waals surface area contributed by atoms with E-state index in [1.165, 1.54) is 0 Å². The van der Waals surface area contributed by atoms with Crippen molar-refractivity contribution in [2.75, 3.05) is 20.2 Å². The lowest BCUT2D eigenvalue weighted by molar-refractivity contribution is -0.139. The lowest BCUT2D eigenvalue weighted by Gasteiger charge is -2.28. The summed E-state index contributed by atoms with van der Waals surface area (Å²) in [5, 5.41) is 3.28. The van der Waals surface area contributed by atoms with Crippen molar-refractivity contribution < 1.29 is 14.3 Å². The maximum Gasteiger partial charge on any atom is 0.242 e. The van der Waals surface area contributed by atoms with Crippen LogP contribution in [0.15, 0.2) is 54.6 Å². The lowest BCUT2D eigenvalue weighted by atomic mass is 10.1. The first kappa shape index (κ1) is 21.8. The zero-order valence-corrected chi connectivity index (χ0v) is 17.1. The quantitative estimate of drug-likeness (QED) is 0.616. The number of carbonyl (C=O) groups is 2. The van der Waals surface area contributed by atoms with E-state index in [1.807, 2.05) is 30.3 Å². The van der Waals surface area contributed by atoms with Crippen LogP contribution in [-0.4, -0.2) is 43.0 Å². The van der Waals surface area contributed by atoms with Crippen molar-refractivity contribution in [3.8, 4) is 5.75 Å². The Kier molecular flexibility index (Phi) is 8.82. The predicted octanol–water partition coefficient (Wildman–Crippen LogP) is 3.70. The summed E-state index contributed by atoms with van der Waals surface area (Å²) >= 11 is 5.85. The van der Waals surface area contributed by atoms with Gasteiger partial charge in [0, 0.05) is 25.0 Å². The number of nitrogens with zero attached hydrogens (tertiary/aromatic N) is 1. The van der Waals surface area contributed by atoms with Gasteiger partial charge in [-0.1, -0.05) is 41.9 Å². The lowest BCUT2D eigenvalue weighted by Crippen LogP contribution is -2.48. The van der Waals surface area contributed by atoms with Gasteiger partial charge in [0.15, 0.2) is 0 Å². The predicted molar refractivity (Wildman–Crippen MR) is 112 cm³/mol. The summed E-state index contributed by atoms with van der Waals surface area (Å²) in [5.41, 5.74) is 1.13. The molecule has 0 fully saturated rings. The van der Waals surface area contributed by atoms with Gasteiger partial charge in [-0.3, -0.25) is 9.59 Å². The second-order valence-electron chi connectivity index (χ2n) is 6.52. The molecule has 0 aliphatic carbocycles. The fraction of sp³-hybridized carbons (Fsp3) is 0.364. The molecule has 1 unspecified atom stereocenters. The molecule has 2 amide bonds. The van der Waals surface area contributed by atoms with Crippen LogP contribution in [0, 0.1) is 0 Å². The van der Waals surface area contributed by atoms with Crippen molar-refractivity contribution in [2.24, 2.45) is 0 Å². The number of carbonyl (C=O) groups excluding carboxylic acids is 2. The average Bonchev–Trinajstić information content (AvgIpc) is 2.72. The molecule has 0 aromatic heterocycles. The number of hydrogen-bond donors (Lipinski definition) is 1. The topological polar surface area (TPSA) is 58.6 Å². The monoisotopic (exact) mass is 402 g/mol. The third-order valence-electron chi connectivity index (χ3n) is 4.52. The van der Waals surface area contributed by atoms with E-state index in [1.54, 1.807) is 43.1 Å². The summed E-state index contributed by atoms with van der Waals surface area (Å²) < 4.78 is 5.64. The van der Waals surface area contributed by atoms with E-state index in [-0.39, 0.29) is 11.8 Å². The van der Waals surface area contributed by atoms with Gasteiger partial charge < -0.3 is 15.0 Å². The number of likely N-dealkylation sites (N-methyl/N-ethyl adjacent to an activating group) is 1. The van der Waals surface area contributed by atoms with Crippen molar-refractivity contribution in [2.45, 2.75) is 32.2 Å². The standard InChI is InChI=1S/C22H27ClN2O3/c1-17(22(27)24-2)25(15-14-18-7-4-3-5-8-18)21(26)9-6-16-28-20-12-10-19(23)11-13-20/h3-5,7-8,10-13,17H,6,9,14-16H2,1-2H3,(H,24,27). The Morgan fingerprint density at radius 3 is 2.43 bits per heavy atom. The first-order valence-corrected chi connectivity index (χ1v) is 9.82. The van der Waals surface area contributed by atoms with Gasteiger partial charge in [0.2, 0.25) is 11.8 Å². The number of halogens is 1. The van der Waals surface area contributed by atoms with Crippen molar-refractivity contribution in [1.29, 1.82) is 0 Å². The second-order valence-corrected chi connectivity index (χ2v) is 6.96. The van der Waals surface area contributed by atoms with E-state index in [9.17, 15) is 9.59 Å². The van der Waals surface area contributed by atoms with Gasteiger partial charge in [0.05, 0.1) is 6.61 Å². The normalized spacial score (nSPS) is 11.5. The Morgan fingerprint density at radius 2 is 1.79 bits per heavy atom. The largest absolute Gasteiger partial charge is 0.494 e. The third-order valence-corrected chi connectivity index (χ3v) is 4.77. The Morgan fingerprint density at radius 1 is 1.11 bits per heavy atom. The molecule has 2 rings (SSSR count). The molecule has 0 bridgehead atoms. The van der Waals surface area contributed by atoms with E-state index in [0.717, 1.165) is 11.3 Å². The van der Waals surface area contributed by atoms with Crippen molar-refractivity contribution in [3.05, 3.63) is 65.2 Å². The molecule has 0 heterocycles. The van der Waals surface area contributed by atoms with Crippen LogP contribution < -0.4 is 10.1 Å². The summed E-state index contributed by atoms with van der Waals surface area (Å²) in [5.74, 6) is 0.502. The molecule has 0 spiro atoms. The summed E-state index contributed by atoms with van der Waals surface area (Å²) in [6, 6.07) is 16.5. The molecule has 6 heteroatoms. The Balaban J connectivity index is 1.88. The molecule has 1 N–H and O–H groups in total. The van der Waals surface area contributed by atoms with Crippen LogP contribution in [0.1, 0.15) is 25.3 Å². The molecule has 1 atom stereocenters. The maximum atomic E-state index is 12.8. The molecule has 2 aromatic rings. The minimum Gasteiger partial charge on any atom is -0.494 e. The van der Waals surface area contributed by atoms with Gasteiger partial charge >= 0.3 is 0 Å². The molecule has 2 aromatic carbocycles. The molecular formula is C22H27ClN2O3. The molecule has 28 heavy (non-hydrogen) atoms. The SMILES string of the molecule is CNC(=O)C(C)N(CCc1ccccc1)C(=O)CCCOc1ccc(Cl)cc1. The summed E-state index contributed by atoms with van der Waals surface area (Å²) in [4.78, 5) is 26.5. The molecule has 150 valence electrons. The highest BCUT2D eigenvalue weighted by molar-refractivity contribution is 6.30. The van der Waals surface area contributed by atoms with Gasteiger partial charge in [0.1, 0.15) is 11.8 Å². The number of ether oxygens (including phenoxy) is 1. The van der Waals surface area contributed by atoms with Crippen molar-refractivity contribution in [3.63, 3.8) is 0 Å². The van der Waals surface area contributed by atoms with E-state index >= 15 is 0 Å². The molecule has 0 radical (unpaired) electrons. The fourth-order valence-corrected chi connectivity index (χ4v) is 2.99. The van der Waals surface area contributed by atoms with Crippen molar-refractivity contribution in [1.82, 2.24) is 10.2 Å². The Hall–Kier alpha value is -2.53. The zero-order chi connectivity index (χ0) is 20.4. The van der Waals surface area contributed by atoms with Gasteiger partial charge in [-0.25, -0.2) is 0 Å². The van der Waals surface area contributed by atoms with E-state index in [0.29, 0.717) is 37.4 Å². The highest BCUT2D eigenvalue weighted by Crippen LogP contribution is 2.16. The average molecular weight is 403 g/mol. The number of hydrogen-bond acceptors (Lipinski definition) is 3. The van der Waals surface area contributed by atoms with Crippen LogP contribution >= 0.6 is 11.6 Å². The molecule has 5 nitrogen and oxygen atoms in total. The Labute approximate surface area is 171 Å². The Bertz CT molecular complexity index is 750. The summed E-state index contributed by atoms with van der Waals surface area (Å²) in [6.45, 7) is 2.68. The molecule has 0 aliphatic rings. The smallest absolute Gasteiger partial charge is 0.242 e. The van der Waals surface area contributed by atoms with Crippen LogP contribution in [0.3, 0.4) is 0 Å². The highest BCUT2D eigenvalue weighted by Gasteiger charge is 2.24. The van der Waals surface area contributed by atoms with Crippen LogP contribution in [0.4, 0.5) is 0 Å². The van der Waals surface area contributed by atoms with Gasteiger partial charge in [-0.2, -0.15) is 0 Å². The van der Waals surface area contributed by atoms with Crippen LogP contribution in [0.5, 0.6) is 5.75 Å². The highest BCUT2D eigenvalue weighted by atomic mass is 35.5. The van der Waals surface area contributed by atoms with Crippen LogP contribution in [0.25, 0.3) is 0 Å². The van der Waals surface area contributed by atoms with Gasteiger partial charge in [-0.05, 0) is 49.6 Å². The van der Waals surface area contributed by atoms with Gasteiger partial charge in [-0.15, -0.1) is 0 Å². The van der Waals surface area contributed by atoms with Crippen LogP contribution in [0.2, 0.25) is 5.02 Å². The third kappa shape index (κ3) is 6.89. The number of rotatable bonds is 10. The van der Waals surface area contributed by atoms with E-state index in [2.05, 4.69) is 5.32 Å². The number of amides is 2. The van der Waals surface area contributed by atoms with Crippen molar-refractivity contribution >= 4 is 23.4 Å². The van der Waals surface area contributed by atoms with E-state index in [4.69, 9.17) is 16.3 Å². The fourth-order valence-electron chi connectivity index (χ4n) is 2.87.